The summed E-state index contributed by atoms with van der Waals surface area (Å²) in [4.78, 5) is 46.7. The van der Waals surface area contributed by atoms with Gasteiger partial charge in [0.1, 0.15) is 5.56 Å². The minimum atomic E-state index is -1.25. The van der Waals surface area contributed by atoms with Crippen LogP contribution in [0.25, 0.3) is 0 Å². The molecule has 10 nitrogen and oxygen atoms in total. The lowest BCUT2D eigenvalue weighted by Crippen LogP contribution is -2.30. The van der Waals surface area contributed by atoms with Gasteiger partial charge in [0.05, 0.1) is 25.2 Å². The third-order valence-electron chi connectivity index (χ3n) is 4.13. The van der Waals surface area contributed by atoms with Crippen LogP contribution in [-0.4, -0.2) is 42.9 Å². The number of nitro benzene ring substituents is 1. The number of carbonyl (C=O) groups excluding carboxylic acids is 3. The SMILES string of the molecule is COc1cc(C(=O)O[C@@H](C)C(=O)Nc2ccc(C(C)=O)cc2)c([N+](=O)[O-])cc1OC. The highest BCUT2D eigenvalue weighted by Crippen LogP contribution is 2.35. The van der Waals surface area contributed by atoms with Gasteiger partial charge in [0.25, 0.3) is 11.6 Å². The van der Waals surface area contributed by atoms with Crippen molar-refractivity contribution in [2.45, 2.75) is 20.0 Å². The van der Waals surface area contributed by atoms with Crippen LogP contribution < -0.4 is 14.8 Å². The molecule has 0 saturated heterocycles. The van der Waals surface area contributed by atoms with Crippen LogP contribution in [0.5, 0.6) is 11.5 Å². The van der Waals surface area contributed by atoms with Crippen molar-refractivity contribution in [3.05, 3.63) is 57.6 Å². The fourth-order valence-electron chi connectivity index (χ4n) is 2.49. The first-order chi connectivity index (χ1) is 14.2. The van der Waals surface area contributed by atoms with Gasteiger partial charge in [0, 0.05) is 17.3 Å². The summed E-state index contributed by atoms with van der Waals surface area (Å²) in [6.45, 7) is 2.74. The molecule has 10 heteroatoms. The molecular weight excluding hydrogens is 396 g/mol. The number of hydrogen-bond acceptors (Lipinski definition) is 8. The third kappa shape index (κ3) is 5.10. The molecule has 0 bridgehead atoms. The van der Waals surface area contributed by atoms with Crippen molar-refractivity contribution >= 4 is 29.0 Å². The number of carbonyl (C=O) groups is 3. The lowest BCUT2D eigenvalue weighted by Gasteiger charge is -2.15. The molecule has 0 saturated carbocycles. The molecule has 0 unspecified atom stereocenters. The highest BCUT2D eigenvalue weighted by molar-refractivity contribution is 6.00. The zero-order valence-electron chi connectivity index (χ0n) is 16.8. The predicted octanol–water partition coefficient (Wildman–Crippen LogP) is 3.00. The highest BCUT2D eigenvalue weighted by atomic mass is 16.6. The zero-order valence-corrected chi connectivity index (χ0v) is 16.8. The van der Waals surface area contributed by atoms with Crippen LogP contribution in [0, 0.1) is 10.1 Å². The predicted molar refractivity (Wildman–Crippen MR) is 106 cm³/mol. The van der Waals surface area contributed by atoms with Gasteiger partial charge in [-0.1, -0.05) is 0 Å². The van der Waals surface area contributed by atoms with E-state index in [2.05, 4.69) is 5.32 Å². The molecule has 0 aliphatic carbocycles. The van der Waals surface area contributed by atoms with Crippen molar-refractivity contribution in [1.29, 1.82) is 0 Å². The molecule has 1 amide bonds. The van der Waals surface area contributed by atoms with E-state index in [1.54, 1.807) is 12.1 Å². The number of nitrogens with zero attached hydrogens (tertiary/aromatic N) is 1. The van der Waals surface area contributed by atoms with Crippen molar-refractivity contribution in [1.82, 2.24) is 0 Å². The minimum Gasteiger partial charge on any atom is -0.493 e. The van der Waals surface area contributed by atoms with E-state index in [0.29, 0.717) is 11.3 Å². The van der Waals surface area contributed by atoms with Crippen LogP contribution in [0.1, 0.15) is 34.6 Å². The van der Waals surface area contributed by atoms with E-state index >= 15 is 0 Å². The second-order valence-electron chi connectivity index (χ2n) is 6.15. The average Bonchev–Trinajstić information content (AvgIpc) is 2.72. The summed E-state index contributed by atoms with van der Waals surface area (Å²) < 4.78 is 15.2. The Bertz CT molecular complexity index is 985. The van der Waals surface area contributed by atoms with Gasteiger partial charge in [-0.15, -0.1) is 0 Å². The van der Waals surface area contributed by atoms with E-state index in [1.165, 1.54) is 40.2 Å². The number of ether oxygens (including phenoxy) is 3. The van der Waals surface area contributed by atoms with Crippen molar-refractivity contribution in [2.75, 3.05) is 19.5 Å². The van der Waals surface area contributed by atoms with Gasteiger partial charge in [0.15, 0.2) is 23.4 Å². The van der Waals surface area contributed by atoms with Gasteiger partial charge in [0.2, 0.25) is 0 Å². The molecule has 2 rings (SSSR count). The quantitative estimate of drug-likeness (QED) is 0.300. The zero-order chi connectivity index (χ0) is 22.4. The molecule has 2 aromatic rings. The Labute approximate surface area is 171 Å². The van der Waals surface area contributed by atoms with Crippen LogP contribution in [0.3, 0.4) is 0 Å². The van der Waals surface area contributed by atoms with Gasteiger partial charge >= 0.3 is 5.97 Å². The van der Waals surface area contributed by atoms with Crippen LogP contribution in [0.2, 0.25) is 0 Å². The molecule has 0 fully saturated rings. The normalized spacial score (nSPS) is 11.2. The number of rotatable bonds is 8. The fourth-order valence-corrected chi connectivity index (χ4v) is 2.49. The molecule has 0 aliphatic heterocycles. The van der Waals surface area contributed by atoms with Gasteiger partial charge in [-0.25, -0.2) is 4.79 Å². The Hall–Kier alpha value is -3.95. The van der Waals surface area contributed by atoms with E-state index < -0.39 is 28.6 Å². The number of hydrogen-bond donors (Lipinski definition) is 1. The molecule has 0 aromatic heterocycles. The lowest BCUT2D eigenvalue weighted by atomic mass is 10.1. The summed E-state index contributed by atoms with van der Waals surface area (Å²) in [6.07, 6.45) is -1.25. The number of Topliss-reactive ketones (excluding diaryl/α,β-unsaturated/α-hetero) is 1. The molecule has 158 valence electrons. The molecule has 1 atom stereocenters. The molecule has 2 aromatic carbocycles. The van der Waals surface area contributed by atoms with Gasteiger partial charge < -0.3 is 19.5 Å². The van der Waals surface area contributed by atoms with Crippen molar-refractivity contribution in [2.24, 2.45) is 0 Å². The maximum Gasteiger partial charge on any atom is 0.346 e. The molecule has 0 radical (unpaired) electrons. The van der Waals surface area contributed by atoms with E-state index in [1.807, 2.05) is 0 Å². The number of amides is 1. The van der Waals surface area contributed by atoms with E-state index in [-0.39, 0.29) is 22.8 Å². The molecule has 1 N–H and O–H groups in total. The topological polar surface area (TPSA) is 134 Å². The smallest absolute Gasteiger partial charge is 0.346 e. The number of ketones is 1. The van der Waals surface area contributed by atoms with E-state index in [4.69, 9.17) is 14.2 Å². The summed E-state index contributed by atoms with van der Waals surface area (Å²) in [6, 6.07) is 8.30. The number of anilines is 1. The van der Waals surface area contributed by atoms with Crippen LogP contribution in [0.15, 0.2) is 36.4 Å². The second-order valence-corrected chi connectivity index (χ2v) is 6.15. The molecule has 0 spiro atoms. The summed E-state index contributed by atoms with van der Waals surface area (Å²) in [5.41, 5.74) is -0.0635. The number of nitrogens with one attached hydrogen (secondary N) is 1. The van der Waals surface area contributed by atoms with Crippen LogP contribution in [0.4, 0.5) is 11.4 Å². The van der Waals surface area contributed by atoms with E-state index in [0.717, 1.165) is 12.1 Å². The Morgan fingerprint density at radius 1 is 1.03 bits per heavy atom. The summed E-state index contributed by atoms with van der Waals surface area (Å²) >= 11 is 0. The Kier molecular flexibility index (Phi) is 7.08. The standard InChI is InChI=1S/C20H20N2O8/c1-11(23)13-5-7-14(8-6-13)21-19(24)12(2)30-20(25)15-9-17(28-3)18(29-4)10-16(15)22(26)27/h5-10,12H,1-4H3,(H,21,24)/t12-/m0/s1. The number of nitro groups is 1. The monoisotopic (exact) mass is 416 g/mol. The summed E-state index contributed by atoms with van der Waals surface area (Å²) in [5, 5.41) is 13.9. The Morgan fingerprint density at radius 2 is 1.60 bits per heavy atom. The summed E-state index contributed by atoms with van der Waals surface area (Å²) in [5.74, 6) is -1.68. The van der Waals surface area contributed by atoms with Gasteiger partial charge in [-0.2, -0.15) is 0 Å². The lowest BCUT2D eigenvalue weighted by molar-refractivity contribution is -0.385. The van der Waals surface area contributed by atoms with Crippen molar-refractivity contribution in [3.63, 3.8) is 0 Å². The number of methoxy groups -OCH3 is 2. The number of esters is 1. The maximum atomic E-state index is 12.5. The number of benzene rings is 2. The second kappa shape index (κ2) is 9.50. The minimum absolute atomic E-state index is 0.0700. The van der Waals surface area contributed by atoms with Crippen molar-refractivity contribution in [3.8, 4) is 11.5 Å². The first kappa shape index (κ1) is 22.3. The van der Waals surface area contributed by atoms with Crippen LogP contribution in [-0.2, 0) is 9.53 Å². The molecule has 30 heavy (non-hydrogen) atoms. The van der Waals surface area contributed by atoms with Gasteiger partial charge in [-0.3, -0.25) is 19.7 Å². The summed E-state index contributed by atoms with van der Waals surface area (Å²) in [7, 11) is 2.61. The fraction of sp³-hybridized carbons (Fsp3) is 0.250. The third-order valence-corrected chi connectivity index (χ3v) is 4.13. The van der Waals surface area contributed by atoms with Crippen LogP contribution >= 0.6 is 0 Å². The van der Waals surface area contributed by atoms with E-state index in [9.17, 15) is 24.5 Å². The largest absolute Gasteiger partial charge is 0.493 e. The first-order valence-corrected chi connectivity index (χ1v) is 8.71. The molecular formula is C20H20N2O8. The Morgan fingerprint density at radius 3 is 2.10 bits per heavy atom. The molecule has 0 heterocycles. The average molecular weight is 416 g/mol. The first-order valence-electron chi connectivity index (χ1n) is 8.71. The van der Waals surface area contributed by atoms with Gasteiger partial charge in [-0.05, 0) is 38.1 Å². The maximum absolute atomic E-state index is 12.5. The highest BCUT2D eigenvalue weighted by Gasteiger charge is 2.28. The Balaban J connectivity index is 2.17. The molecule has 0 aliphatic rings. The van der Waals surface area contributed by atoms with Crippen molar-refractivity contribution < 1.29 is 33.5 Å².